The van der Waals surface area contributed by atoms with E-state index in [0.717, 1.165) is 44.1 Å². The molecule has 3 rings (SSSR count). The zero-order chi connectivity index (χ0) is 18.7. The Balaban J connectivity index is 1.75. The lowest BCUT2D eigenvalue weighted by Crippen LogP contribution is -2.39. The van der Waals surface area contributed by atoms with Gasteiger partial charge in [0.25, 0.3) is 0 Å². The molecule has 0 radical (unpaired) electrons. The molecule has 0 unspecified atom stereocenters. The third-order valence-electron chi connectivity index (χ3n) is 5.15. The molecule has 9 heteroatoms. The Labute approximate surface area is 155 Å². The van der Waals surface area contributed by atoms with Crippen LogP contribution in [0, 0.1) is 11.8 Å². The van der Waals surface area contributed by atoms with Crippen molar-refractivity contribution >= 4 is 15.7 Å². The van der Waals surface area contributed by atoms with Crippen LogP contribution in [0.3, 0.4) is 0 Å². The first-order valence-electron chi connectivity index (χ1n) is 9.49. The molecule has 1 aromatic heterocycles. The number of fused-ring (bicyclic) bond motifs is 1. The van der Waals surface area contributed by atoms with E-state index in [2.05, 4.69) is 39.2 Å². The molecular formula is C17H29N5O3S. The van der Waals surface area contributed by atoms with Gasteiger partial charge < -0.3 is 15.2 Å². The molecule has 1 saturated heterocycles. The molecule has 1 atom stereocenters. The molecular weight excluding hydrogens is 354 g/mol. The Bertz CT molecular complexity index is 730. The summed E-state index contributed by atoms with van der Waals surface area (Å²) in [6.45, 7) is 6.78. The minimum absolute atomic E-state index is 0.0605. The van der Waals surface area contributed by atoms with Crippen molar-refractivity contribution in [2.24, 2.45) is 11.8 Å². The summed E-state index contributed by atoms with van der Waals surface area (Å²) in [5, 5.41) is 15.2. The fourth-order valence-electron chi connectivity index (χ4n) is 3.69. The number of hydrogen-bond donors (Lipinski definition) is 2. The molecule has 3 heterocycles. The molecule has 1 amide bonds. The number of aromatic nitrogens is 3. The predicted molar refractivity (Wildman–Crippen MR) is 98.3 cm³/mol. The molecule has 0 spiro atoms. The molecule has 0 aromatic carbocycles. The molecule has 2 N–H and O–H groups in total. The first kappa shape index (κ1) is 19.3. The second kappa shape index (κ2) is 8.04. The van der Waals surface area contributed by atoms with E-state index in [-0.39, 0.29) is 29.4 Å². The normalized spacial score (nSPS) is 21.8. The van der Waals surface area contributed by atoms with Crippen molar-refractivity contribution in [1.29, 1.82) is 0 Å². The highest BCUT2D eigenvalue weighted by molar-refractivity contribution is 7.91. The fourth-order valence-corrected chi connectivity index (χ4v) is 5.19. The summed E-state index contributed by atoms with van der Waals surface area (Å²) in [6.07, 6.45) is 2.42. The van der Waals surface area contributed by atoms with Crippen molar-refractivity contribution in [3.63, 3.8) is 0 Å². The van der Waals surface area contributed by atoms with Crippen molar-refractivity contribution in [1.82, 2.24) is 25.4 Å². The van der Waals surface area contributed by atoms with E-state index < -0.39 is 9.84 Å². The molecule has 0 saturated carbocycles. The highest BCUT2D eigenvalue weighted by atomic mass is 32.2. The number of hydrogen-bond acceptors (Lipinski definition) is 6. The molecule has 1 fully saturated rings. The smallest absolute Gasteiger partial charge is 0.223 e. The second-order valence-corrected chi connectivity index (χ2v) is 10.0. The minimum atomic E-state index is -2.97. The Hall–Kier alpha value is -1.48. The lowest BCUT2D eigenvalue weighted by molar-refractivity contribution is -0.126. The van der Waals surface area contributed by atoms with Gasteiger partial charge in [0.1, 0.15) is 15.7 Å². The Morgan fingerprint density at radius 1 is 1.27 bits per heavy atom. The van der Waals surface area contributed by atoms with Gasteiger partial charge in [0.05, 0.1) is 17.5 Å². The SMILES string of the molecule is CC(C)C[C@H](NC(=O)C1CCS(=O)(=O)CC1)c1nnc2n1CCNCC2. The topological polar surface area (TPSA) is 106 Å². The number of nitrogens with one attached hydrogen (secondary N) is 2. The van der Waals surface area contributed by atoms with Gasteiger partial charge in [0.2, 0.25) is 5.91 Å². The molecule has 26 heavy (non-hydrogen) atoms. The maximum absolute atomic E-state index is 12.8. The summed E-state index contributed by atoms with van der Waals surface area (Å²) in [6, 6.07) is -0.194. The molecule has 2 aliphatic rings. The standard InChI is InChI=1S/C17H29N5O3S/c1-12(2)11-14(16-21-20-15-3-6-18-7-8-22(15)16)19-17(23)13-4-9-26(24,25)10-5-13/h12-14,18H,3-11H2,1-2H3,(H,19,23)/t14-/m0/s1. The molecule has 0 aliphatic carbocycles. The van der Waals surface area contributed by atoms with Crippen LogP contribution >= 0.6 is 0 Å². The van der Waals surface area contributed by atoms with E-state index in [1.54, 1.807) is 0 Å². The van der Waals surface area contributed by atoms with Crippen molar-refractivity contribution in [3.8, 4) is 0 Å². The molecule has 146 valence electrons. The number of carbonyl (C=O) groups is 1. The first-order valence-corrected chi connectivity index (χ1v) is 11.3. The van der Waals surface area contributed by atoms with Gasteiger partial charge in [0, 0.05) is 32.0 Å². The van der Waals surface area contributed by atoms with Crippen LogP contribution in [-0.2, 0) is 27.6 Å². The maximum atomic E-state index is 12.8. The van der Waals surface area contributed by atoms with Gasteiger partial charge >= 0.3 is 0 Å². The zero-order valence-electron chi connectivity index (χ0n) is 15.6. The van der Waals surface area contributed by atoms with E-state index >= 15 is 0 Å². The number of nitrogens with zero attached hydrogens (tertiary/aromatic N) is 3. The third-order valence-corrected chi connectivity index (χ3v) is 6.87. The van der Waals surface area contributed by atoms with Crippen LogP contribution in [0.2, 0.25) is 0 Å². The Morgan fingerprint density at radius 2 is 2.00 bits per heavy atom. The molecule has 1 aromatic rings. The van der Waals surface area contributed by atoms with Crippen molar-refractivity contribution < 1.29 is 13.2 Å². The van der Waals surface area contributed by atoms with E-state index in [9.17, 15) is 13.2 Å². The summed E-state index contributed by atoms with van der Waals surface area (Å²) < 4.78 is 25.3. The average molecular weight is 384 g/mol. The summed E-state index contributed by atoms with van der Waals surface area (Å²) in [7, 11) is -2.97. The van der Waals surface area contributed by atoms with Crippen LogP contribution in [0.5, 0.6) is 0 Å². The van der Waals surface area contributed by atoms with E-state index in [4.69, 9.17) is 0 Å². The number of sulfone groups is 1. The predicted octanol–water partition coefficient (Wildman–Crippen LogP) is 0.452. The Kier molecular flexibility index (Phi) is 5.96. The van der Waals surface area contributed by atoms with Gasteiger partial charge in [0.15, 0.2) is 5.82 Å². The van der Waals surface area contributed by atoms with Gasteiger partial charge in [-0.1, -0.05) is 13.8 Å². The van der Waals surface area contributed by atoms with Gasteiger partial charge in [-0.2, -0.15) is 0 Å². The first-order chi connectivity index (χ1) is 12.4. The average Bonchev–Trinajstić information content (AvgIpc) is 2.82. The lowest BCUT2D eigenvalue weighted by atomic mass is 9.99. The van der Waals surface area contributed by atoms with E-state index in [1.165, 1.54) is 0 Å². The quantitative estimate of drug-likeness (QED) is 0.765. The van der Waals surface area contributed by atoms with Crippen LogP contribution in [-0.4, -0.2) is 53.7 Å². The highest BCUT2D eigenvalue weighted by Gasteiger charge is 2.31. The Morgan fingerprint density at radius 3 is 2.69 bits per heavy atom. The molecule has 8 nitrogen and oxygen atoms in total. The summed E-state index contributed by atoms with van der Waals surface area (Å²) in [5.41, 5.74) is 0. The third kappa shape index (κ3) is 4.62. The van der Waals surface area contributed by atoms with Crippen LogP contribution in [0.4, 0.5) is 0 Å². The maximum Gasteiger partial charge on any atom is 0.223 e. The van der Waals surface area contributed by atoms with Crippen LogP contribution < -0.4 is 10.6 Å². The zero-order valence-corrected chi connectivity index (χ0v) is 16.4. The minimum Gasteiger partial charge on any atom is -0.346 e. The van der Waals surface area contributed by atoms with Gasteiger partial charge in [-0.3, -0.25) is 4.79 Å². The van der Waals surface area contributed by atoms with Crippen molar-refractivity contribution in [2.75, 3.05) is 24.6 Å². The van der Waals surface area contributed by atoms with Crippen LogP contribution in [0.1, 0.15) is 50.8 Å². The number of rotatable bonds is 5. The van der Waals surface area contributed by atoms with Crippen LogP contribution in [0.25, 0.3) is 0 Å². The van der Waals surface area contributed by atoms with Gasteiger partial charge in [-0.25, -0.2) is 8.42 Å². The highest BCUT2D eigenvalue weighted by Crippen LogP contribution is 2.24. The van der Waals surface area contributed by atoms with E-state index in [0.29, 0.717) is 18.8 Å². The summed E-state index contributed by atoms with van der Waals surface area (Å²) in [5.74, 6) is 2.07. The molecule has 2 aliphatic heterocycles. The molecule has 0 bridgehead atoms. The van der Waals surface area contributed by atoms with Crippen molar-refractivity contribution in [2.45, 2.75) is 52.1 Å². The summed E-state index contributed by atoms with van der Waals surface area (Å²) >= 11 is 0. The lowest BCUT2D eigenvalue weighted by Gasteiger charge is -2.26. The number of amides is 1. The summed E-state index contributed by atoms with van der Waals surface area (Å²) in [4.78, 5) is 12.8. The van der Waals surface area contributed by atoms with Crippen LogP contribution in [0.15, 0.2) is 0 Å². The van der Waals surface area contributed by atoms with Gasteiger partial charge in [-0.15, -0.1) is 10.2 Å². The van der Waals surface area contributed by atoms with Gasteiger partial charge in [-0.05, 0) is 25.2 Å². The fraction of sp³-hybridized carbons (Fsp3) is 0.824. The second-order valence-electron chi connectivity index (χ2n) is 7.74. The van der Waals surface area contributed by atoms with Crippen molar-refractivity contribution in [3.05, 3.63) is 11.6 Å². The van der Waals surface area contributed by atoms with E-state index in [1.807, 2.05) is 0 Å². The largest absolute Gasteiger partial charge is 0.346 e. The monoisotopic (exact) mass is 383 g/mol. The number of carbonyl (C=O) groups excluding carboxylic acids is 1.